The molecule has 1 aromatic rings. The van der Waals surface area contributed by atoms with Gasteiger partial charge in [-0.15, -0.1) is 5.54 Å². The van der Waals surface area contributed by atoms with Crippen LogP contribution in [0.3, 0.4) is 0 Å². The van der Waals surface area contributed by atoms with Gasteiger partial charge >= 0.3 is 5.97 Å². The molecule has 1 heterocycles. The summed E-state index contributed by atoms with van der Waals surface area (Å²) < 4.78 is 6.11. The van der Waals surface area contributed by atoms with Gasteiger partial charge in [0.15, 0.2) is 0 Å². The van der Waals surface area contributed by atoms with E-state index in [0.717, 1.165) is 0 Å². The first-order valence-electron chi connectivity index (χ1n) is 5.76. The van der Waals surface area contributed by atoms with Crippen LogP contribution in [0.4, 0.5) is 0 Å². The number of hydrogen-bond donors (Lipinski definition) is 0. The Balaban J connectivity index is 3.12. The summed E-state index contributed by atoms with van der Waals surface area (Å²) in [6, 6.07) is 5.57. The fraction of sp³-hybridized carbons (Fsp3) is 0.385. The van der Waals surface area contributed by atoms with E-state index in [4.69, 9.17) is 4.74 Å². The maximum atomic E-state index is 11.6. The van der Waals surface area contributed by atoms with Crippen LogP contribution < -0.4 is 5.56 Å². The Morgan fingerprint density at radius 2 is 2.06 bits per heavy atom. The minimum absolute atomic E-state index is 0.242. The molecule has 0 amide bonds. The van der Waals surface area contributed by atoms with Gasteiger partial charge in [-0.2, -0.15) is 0 Å². The third-order valence-electron chi connectivity index (χ3n) is 1.97. The van der Waals surface area contributed by atoms with Crippen molar-refractivity contribution in [1.82, 2.24) is 4.57 Å². The molecular formula is C13H17NO3Si. The van der Waals surface area contributed by atoms with Crippen LogP contribution in [-0.4, -0.2) is 25.2 Å². The van der Waals surface area contributed by atoms with E-state index < -0.39 is 14.0 Å². The molecule has 96 valence electrons. The zero-order valence-electron chi connectivity index (χ0n) is 11.1. The van der Waals surface area contributed by atoms with Crippen molar-refractivity contribution in [2.24, 2.45) is 0 Å². The largest absolute Gasteiger partial charge is 0.462 e. The predicted molar refractivity (Wildman–Crippen MR) is 73.2 cm³/mol. The highest BCUT2D eigenvalue weighted by molar-refractivity contribution is 6.83. The summed E-state index contributed by atoms with van der Waals surface area (Å²) in [5.41, 5.74) is 3.17. The van der Waals surface area contributed by atoms with Crippen molar-refractivity contribution in [2.75, 3.05) is 6.61 Å². The van der Waals surface area contributed by atoms with Gasteiger partial charge in [0.2, 0.25) is 0 Å². The average molecular weight is 263 g/mol. The molecule has 0 aliphatic rings. The monoisotopic (exact) mass is 263 g/mol. The standard InChI is InChI=1S/C13H17NO3Si/c1-5-17-13(16)11-6-7-12(15)14(10-11)8-9-18(2,3)4/h6-7,10H,5H2,1-4H3. The highest BCUT2D eigenvalue weighted by Crippen LogP contribution is 1.99. The molecule has 1 aromatic heterocycles. The van der Waals surface area contributed by atoms with Crippen LogP contribution in [0.1, 0.15) is 17.3 Å². The van der Waals surface area contributed by atoms with Gasteiger partial charge < -0.3 is 4.74 Å². The molecule has 0 radical (unpaired) electrons. The lowest BCUT2D eigenvalue weighted by Crippen LogP contribution is -2.21. The number of rotatable bonds is 2. The van der Waals surface area contributed by atoms with Crippen LogP contribution in [-0.2, 0) is 4.74 Å². The second-order valence-corrected chi connectivity index (χ2v) is 9.58. The first-order chi connectivity index (χ1) is 8.33. The fourth-order valence-electron chi connectivity index (χ4n) is 1.14. The van der Waals surface area contributed by atoms with Crippen LogP contribution in [0, 0.1) is 11.6 Å². The summed E-state index contributed by atoms with van der Waals surface area (Å²) in [5, 5.41) is 0. The van der Waals surface area contributed by atoms with Crippen LogP contribution >= 0.6 is 0 Å². The topological polar surface area (TPSA) is 48.3 Å². The predicted octanol–water partition coefficient (Wildman–Crippen LogP) is 1.71. The lowest BCUT2D eigenvalue weighted by Gasteiger charge is -2.05. The van der Waals surface area contributed by atoms with E-state index in [-0.39, 0.29) is 5.56 Å². The average Bonchev–Trinajstić information content (AvgIpc) is 2.27. The van der Waals surface area contributed by atoms with E-state index in [9.17, 15) is 9.59 Å². The Bertz CT molecular complexity index is 558. The highest BCUT2D eigenvalue weighted by Gasteiger charge is 2.09. The molecule has 18 heavy (non-hydrogen) atoms. The Labute approximate surface area is 108 Å². The number of nitrogens with zero attached hydrogens (tertiary/aromatic N) is 1. The molecule has 4 nitrogen and oxygen atoms in total. The summed E-state index contributed by atoms with van der Waals surface area (Å²) in [4.78, 5) is 23.1. The van der Waals surface area contributed by atoms with Gasteiger partial charge in [0, 0.05) is 18.3 Å². The summed E-state index contributed by atoms with van der Waals surface area (Å²) >= 11 is 0. The summed E-state index contributed by atoms with van der Waals surface area (Å²) in [6.45, 7) is 8.29. The fourth-order valence-corrected chi connectivity index (χ4v) is 1.59. The zero-order valence-corrected chi connectivity index (χ0v) is 12.1. The second kappa shape index (κ2) is 5.69. The van der Waals surface area contributed by atoms with Crippen LogP contribution in [0.15, 0.2) is 23.1 Å². The zero-order chi connectivity index (χ0) is 13.8. The number of carbonyl (C=O) groups excluding carboxylic acids is 1. The maximum Gasteiger partial charge on any atom is 0.339 e. The lowest BCUT2D eigenvalue weighted by molar-refractivity contribution is 0.0525. The van der Waals surface area contributed by atoms with Crippen molar-refractivity contribution in [3.63, 3.8) is 0 Å². The van der Waals surface area contributed by atoms with Crippen molar-refractivity contribution >= 4 is 14.0 Å². The first-order valence-corrected chi connectivity index (χ1v) is 9.26. The van der Waals surface area contributed by atoms with E-state index in [1.165, 1.54) is 22.9 Å². The number of hydrogen-bond acceptors (Lipinski definition) is 3. The van der Waals surface area contributed by atoms with Crippen LogP contribution in [0.25, 0.3) is 0 Å². The lowest BCUT2D eigenvalue weighted by atomic mass is 10.3. The van der Waals surface area contributed by atoms with Crippen molar-refractivity contribution in [1.29, 1.82) is 0 Å². The minimum Gasteiger partial charge on any atom is -0.462 e. The Kier molecular flexibility index (Phi) is 4.51. The summed E-state index contributed by atoms with van der Waals surface area (Å²) in [7, 11) is -1.56. The summed E-state index contributed by atoms with van der Waals surface area (Å²) in [5.74, 6) is -0.443. The number of esters is 1. The normalized spacial score (nSPS) is 10.4. The molecule has 5 heteroatoms. The number of pyridine rings is 1. The molecule has 0 N–H and O–H groups in total. The maximum absolute atomic E-state index is 11.6. The number of aromatic nitrogens is 1. The molecular weight excluding hydrogens is 246 g/mol. The van der Waals surface area contributed by atoms with Crippen LogP contribution in [0.2, 0.25) is 19.6 Å². The molecule has 0 aromatic carbocycles. The van der Waals surface area contributed by atoms with Crippen molar-refractivity contribution in [3.8, 4) is 11.6 Å². The minimum atomic E-state index is -1.56. The first kappa shape index (κ1) is 14.3. The van der Waals surface area contributed by atoms with Crippen LogP contribution in [0.5, 0.6) is 0 Å². The van der Waals surface area contributed by atoms with Gasteiger partial charge in [0.25, 0.3) is 5.56 Å². The Hall–Kier alpha value is -1.80. The molecule has 1 rings (SSSR count). The summed E-state index contributed by atoms with van der Waals surface area (Å²) in [6.07, 6.45) is 1.42. The number of ether oxygens (including phenoxy) is 1. The third-order valence-corrected chi connectivity index (χ3v) is 2.84. The van der Waals surface area contributed by atoms with Gasteiger partial charge in [-0.05, 0) is 13.0 Å². The quantitative estimate of drug-likeness (QED) is 0.463. The van der Waals surface area contributed by atoms with E-state index in [1.807, 2.05) is 0 Å². The van der Waals surface area contributed by atoms with E-state index >= 15 is 0 Å². The SMILES string of the molecule is CCOC(=O)c1ccc(=O)n(C#C[Si](C)(C)C)c1. The van der Waals surface area contributed by atoms with Gasteiger partial charge in [-0.25, -0.2) is 9.36 Å². The van der Waals surface area contributed by atoms with E-state index in [1.54, 1.807) is 6.92 Å². The van der Waals surface area contributed by atoms with E-state index in [2.05, 4.69) is 31.2 Å². The molecule has 0 aliphatic heterocycles. The van der Waals surface area contributed by atoms with Crippen molar-refractivity contribution < 1.29 is 9.53 Å². The van der Waals surface area contributed by atoms with Gasteiger partial charge in [-0.1, -0.05) is 19.6 Å². The molecule has 0 saturated carbocycles. The molecule has 0 saturated heterocycles. The van der Waals surface area contributed by atoms with Gasteiger partial charge in [0.05, 0.1) is 12.2 Å². The molecule has 0 aliphatic carbocycles. The molecule has 0 fully saturated rings. The molecule has 0 spiro atoms. The van der Waals surface area contributed by atoms with E-state index in [0.29, 0.717) is 12.2 Å². The smallest absolute Gasteiger partial charge is 0.339 e. The van der Waals surface area contributed by atoms with Crippen molar-refractivity contribution in [2.45, 2.75) is 26.6 Å². The van der Waals surface area contributed by atoms with Crippen molar-refractivity contribution in [3.05, 3.63) is 34.2 Å². The Morgan fingerprint density at radius 3 is 2.61 bits per heavy atom. The third kappa shape index (κ3) is 4.22. The highest BCUT2D eigenvalue weighted by atomic mass is 28.3. The Morgan fingerprint density at radius 1 is 1.39 bits per heavy atom. The van der Waals surface area contributed by atoms with Gasteiger partial charge in [0.1, 0.15) is 8.07 Å². The molecule has 0 atom stereocenters. The van der Waals surface area contributed by atoms with Gasteiger partial charge in [-0.3, -0.25) is 4.79 Å². The number of carbonyl (C=O) groups is 1. The molecule has 0 unspecified atom stereocenters. The second-order valence-electron chi connectivity index (χ2n) is 4.83. The molecule has 0 bridgehead atoms.